The molecule has 2 aromatic carbocycles. The zero-order valence-corrected chi connectivity index (χ0v) is 27.2. The monoisotopic (exact) mass is 619 g/mol. The van der Waals surface area contributed by atoms with E-state index in [1.165, 1.54) is 10.6 Å². The molecule has 11 heteroatoms. The lowest BCUT2D eigenvalue weighted by Crippen LogP contribution is -2.55. The molecule has 0 saturated carbocycles. The Morgan fingerprint density at radius 1 is 1.02 bits per heavy atom. The van der Waals surface area contributed by atoms with Crippen LogP contribution in [0.2, 0.25) is 0 Å². The van der Waals surface area contributed by atoms with Gasteiger partial charge in [0.1, 0.15) is 11.6 Å². The Kier molecular flexibility index (Phi) is 11.4. The number of piperidine rings is 1. The number of carbonyl (C=O) groups is 2. The first-order chi connectivity index (χ1) is 19.6. The van der Waals surface area contributed by atoms with Gasteiger partial charge in [-0.05, 0) is 56.1 Å². The molecule has 2 amide bonds. The van der Waals surface area contributed by atoms with Crippen LogP contribution in [0.1, 0.15) is 58.6 Å². The Morgan fingerprint density at radius 3 is 2.17 bits per heavy atom. The van der Waals surface area contributed by atoms with Crippen LogP contribution in [0, 0.1) is 0 Å². The minimum Gasteiger partial charge on any atom is -0.444 e. The number of likely N-dealkylation sites (tertiary alicyclic amines) is 1. The summed E-state index contributed by atoms with van der Waals surface area (Å²) in [5.74, 6) is -0.245. The first-order valence-electron chi connectivity index (χ1n) is 14.3. The Bertz CT molecular complexity index is 1300. The van der Waals surface area contributed by atoms with Crippen LogP contribution >= 0.6 is 12.6 Å². The number of rotatable bonds is 7. The molecule has 4 rings (SSSR count). The molecule has 2 aromatic rings. The number of sulfonamides is 1. The summed E-state index contributed by atoms with van der Waals surface area (Å²) in [5.41, 5.74) is 1.63. The zero-order valence-electron chi connectivity index (χ0n) is 25.5. The highest BCUT2D eigenvalue weighted by Gasteiger charge is 2.47. The van der Waals surface area contributed by atoms with Crippen molar-refractivity contribution in [1.82, 2.24) is 10.2 Å². The Hall–Kier alpha value is -2.76. The fourth-order valence-corrected chi connectivity index (χ4v) is 6.18. The zero-order chi connectivity index (χ0) is 31.1. The molecule has 1 fully saturated rings. The van der Waals surface area contributed by atoms with E-state index in [1.807, 2.05) is 68.4 Å². The van der Waals surface area contributed by atoms with E-state index in [4.69, 9.17) is 9.47 Å². The van der Waals surface area contributed by atoms with E-state index >= 15 is 0 Å². The summed E-state index contributed by atoms with van der Waals surface area (Å²) in [6, 6.07) is 16.3. The van der Waals surface area contributed by atoms with Gasteiger partial charge in [0.2, 0.25) is 15.9 Å². The molecule has 1 spiro atoms. The lowest BCUT2D eigenvalue weighted by Gasteiger charge is -2.40. The molecular weight excluding hydrogens is 574 g/mol. The van der Waals surface area contributed by atoms with Crippen molar-refractivity contribution >= 4 is 40.3 Å². The van der Waals surface area contributed by atoms with Gasteiger partial charge in [-0.25, -0.2) is 13.2 Å². The number of thiol groups is 1. The molecule has 232 valence electrons. The van der Waals surface area contributed by atoms with E-state index in [2.05, 4.69) is 17.9 Å². The fourth-order valence-electron chi connectivity index (χ4n) is 5.18. The second kappa shape index (κ2) is 14.1. The molecule has 2 aliphatic heterocycles. The van der Waals surface area contributed by atoms with E-state index in [-0.39, 0.29) is 17.9 Å². The van der Waals surface area contributed by atoms with Crippen molar-refractivity contribution in [3.05, 3.63) is 65.7 Å². The van der Waals surface area contributed by atoms with Crippen LogP contribution in [0.15, 0.2) is 54.6 Å². The number of alkyl carbamates (subject to hydrolysis) is 1. The quantitative estimate of drug-likeness (QED) is 0.433. The van der Waals surface area contributed by atoms with Crippen molar-refractivity contribution in [2.45, 2.75) is 76.4 Å². The number of carbonyl (C=O) groups excluding carboxylic acids is 2. The average molecular weight is 620 g/mol. The maximum Gasteiger partial charge on any atom is 0.408 e. The van der Waals surface area contributed by atoms with E-state index < -0.39 is 27.8 Å². The molecule has 0 radical (unpaired) electrons. The normalized spacial score (nSPS) is 16.9. The minimum absolute atomic E-state index is 0.000692. The highest BCUT2D eigenvalue weighted by molar-refractivity contribution is 7.92. The molecule has 9 nitrogen and oxygen atoms in total. The standard InChI is InChI=1S/C28H37N3O6S.C3H8S/c1-27(2,3)37-26(33)29-23(19-36-18-21-10-6-5-7-11-21)25(32)30-16-14-28(15-17-30)20-31(38(4,34)35)24-13-9-8-12-22(24)28;1-3(2)4/h5-13,23H,14-20H2,1-4H3,(H,29,33);3-4H,1-2H3. The van der Waals surface area contributed by atoms with E-state index in [0.29, 0.717) is 50.0 Å². The molecule has 1 N–H and O–H groups in total. The van der Waals surface area contributed by atoms with Gasteiger partial charge in [-0.1, -0.05) is 62.4 Å². The van der Waals surface area contributed by atoms with Crippen LogP contribution in [0.5, 0.6) is 0 Å². The number of hydrogen-bond donors (Lipinski definition) is 2. The fraction of sp³-hybridized carbons (Fsp3) is 0.548. The van der Waals surface area contributed by atoms with Gasteiger partial charge < -0.3 is 19.7 Å². The predicted molar refractivity (Wildman–Crippen MR) is 170 cm³/mol. The van der Waals surface area contributed by atoms with Gasteiger partial charge in [0.15, 0.2) is 0 Å². The summed E-state index contributed by atoms with van der Waals surface area (Å²) in [6.45, 7) is 10.9. The van der Waals surface area contributed by atoms with Crippen LogP contribution in [0.3, 0.4) is 0 Å². The van der Waals surface area contributed by atoms with Gasteiger partial charge in [-0.3, -0.25) is 9.10 Å². The van der Waals surface area contributed by atoms with Crippen LogP contribution in [0.25, 0.3) is 0 Å². The van der Waals surface area contributed by atoms with Crippen molar-refractivity contribution < 1.29 is 27.5 Å². The lowest BCUT2D eigenvalue weighted by atomic mass is 9.74. The van der Waals surface area contributed by atoms with Gasteiger partial charge in [-0.15, -0.1) is 0 Å². The van der Waals surface area contributed by atoms with Crippen LogP contribution in [-0.4, -0.2) is 74.7 Å². The third-order valence-electron chi connectivity index (χ3n) is 7.01. The third kappa shape index (κ3) is 9.37. The summed E-state index contributed by atoms with van der Waals surface area (Å²) in [4.78, 5) is 27.8. The van der Waals surface area contributed by atoms with Gasteiger partial charge in [0.05, 0.1) is 25.2 Å². The van der Waals surface area contributed by atoms with Crippen molar-refractivity contribution in [3.63, 3.8) is 0 Å². The Labute approximate surface area is 256 Å². The van der Waals surface area contributed by atoms with Crippen molar-refractivity contribution in [2.75, 3.05) is 36.8 Å². The predicted octanol–water partition coefficient (Wildman–Crippen LogP) is 4.76. The number of fused-ring (bicyclic) bond motifs is 2. The highest BCUT2D eigenvalue weighted by atomic mass is 32.2. The summed E-state index contributed by atoms with van der Waals surface area (Å²) in [5, 5.41) is 3.22. The SMILES string of the molecule is CC(C)(C)OC(=O)NC(COCc1ccccc1)C(=O)N1CCC2(CC1)CN(S(C)(=O)=O)c1ccccc12.CC(C)S. The number of para-hydroxylation sites is 1. The van der Waals surface area contributed by atoms with E-state index in [1.54, 1.807) is 25.7 Å². The number of nitrogens with one attached hydrogen (secondary N) is 1. The first-order valence-corrected chi connectivity index (χ1v) is 16.6. The second-order valence-corrected chi connectivity index (χ2v) is 15.1. The molecule has 42 heavy (non-hydrogen) atoms. The van der Waals surface area contributed by atoms with Crippen LogP contribution in [0.4, 0.5) is 10.5 Å². The Balaban J connectivity index is 0.00000114. The first kappa shape index (κ1) is 33.7. The largest absolute Gasteiger partial charge is 0.444 e. The molecule has 2 heterocycles. The smallest absolute Gasteiger partial charge is 0.408 e. The number of nitrogens with zero attached hydrogens (tertiary/aromatic N) is 2. The van der Waals surface area contributed by atoms with E-state index in [9.17, 15) is 18.0 Å². The molecule has 0 bridgehead atoms. The number of hydrogen-bond acceptors (Lipinski definition) is 7. The van der Waals surface area contributed by atoms with Gasteiger partial charge in [-0.2, -0.15) is 12.6 Å². The third-order valence-corrected chi connectivity index (χ3v) is 8.13. The van der Waals surface area contributed by atoms with E-state index in [0.717, 1.165) is 11.1 Å². The molecule has 1 unspecified atom stereocenters. The summed E-state index contributed by atoms with van der Waals surface area (Å²) in [7, 11) is -3.42. The summed E-state index contributed by atoms with van der Waals surface area (Å²) >= 11 is 3.97. The molecule has 0 aliphatic carbocycles. The minimum atomic E-state index is -3.42. The highest BCUT2D eigenvalue weighted by Crippen LogP contribution is 2.47. The maximum absolute atomic E-state index is 13.6. The van der Waals surface area contributed by atoms with Gasteiger partial charge >= 0.3 is 6.09 Å². The number of anilines is 1. The molecule has 1 atom stereocenters. The van der Waals surface area contributed by atoms with Crippen LogP contribution < -0.4 is 9.62 Å². The van der Waals surface area contributed by atoms with Crippen LogP contribution in [-0.2, 0) is 36.3 Å². The number of ether oxygens (including phenoxy) is 2. The van der Waals surface area contributed by atoms with Gasteiger partial charge in [0, 0.05) is 25.0 Å². The summed E-state index contributed by atoms with van der Waals surface area (Å²) < 4.78 is 37.7. The lowest BCUT2D eigenvalue weighted by molar-refractivity contribution is -0.136. The molecule has 1 saturated heterocycles. The van der Waals surface area contributed by atoms with Crippen molar-refractivity contribution in [1.29, 1.82) is 0 Å². The van der Waals surface area contributed by atoms with Crippen molar-refractivity contribution in [2.24, 2.45) is 0 Å². The Morgan fingerprint density at radius 2 is 1.60 bits per heavy atom. The van der Waals surface area contributed by atoms with Crippen molar-refractivity contribution in [3.8, 4) is 0 Å². The van der Waals surface area contributed by atoms with Gasteiger partial charge in [0.25, 0.3) is 0 Å². The molecule has 0 aromatic heterocycles. The topological polar surface area (TPSA) is 105 Å². The maximum atomic E-state index is 13.6. The average Bonchev–Trinajstić information content (AvgIpc) is 3.22. The molecule has 2 aliphatic rings. The number of amides is 2. The number of benzene rings is 2. The molecular formula is C31H45N3O6S2. The summed E-state index contributed by atoms with van der Waals surface area (Å²) in [6.07, 6.45) is 1.78. The second-order valence-electron chi connectivity index (χ2n) is 12.2.